The van der Waals surface area contributed by atoms with Gasteiger partial charge in [-0.15, -0.1) is 0 Å². The summed E-state index contributed by atoms with van der Waals surface area (Å²) in [6, 6.07) is 0.793. The molecule has 2 aliphatic rings. The van der Waals surface area contributed by atoms with Crippen LogP contribution in [0.4, 0.5) is 0 Å². The van der Waals surface area contributed by atoms with E-state index in [0.29, 0.717) is 5.41 Å². The second-order valence-corrected chi connectivity index (χ2v) is 4.86. The molecule has 1 N–H and O–H groups in total. The van der Waals surface area contributed by atoms with E-state index in [4.69, 9.17) is 0 Å². The fourth-order valence-electron chi connectivity index (χ4n) is 3.46. The van der Waals surface area contributed by atoms with E-state index in [1.807, 2.05) is 0 Å². The molecular weight excluding hydrogens is 134 g/mol. The normalized spacial score (nSPS) is 46.6. The maximum atomic E-state index is 3.49. The summed E-state index contributed by atoms with van der Waals surface area (Å²) < 4.78 is 0. The quantitative estimate of drug-likeness (QED) is 0.608. The molecule has 3 atom stereocenters. The zero-order valence-corrected chi connectivity index (χ0v) is 7.85. The highest BCUT2D eigenvalue weighted by atomic mass is 14.9. The minimum Gasteiger partial charge on any atom is -0.316 e. The molecule has 0 heterocycles. The van der Waals surface area contributed by atoms with Crippen LogP contribution in [0.15, 0.2) is 0 Å². The monoisotopic (exact) mass is 153 g/mol. The molecule has 0 amide bonds. The lowest BCUT2D eigenvalue weighted by atomic mass is 9.73. The van der Waals surface area contributed by atoms with Crippen molar-refractivity contribution in [3.63, 3.8) is 0 Å². The van der Waals surface area contributed by atoms with Gasteiger partial charge in [-0.2, -0.15) is 0 Å². The van der Waals surface area contributed by atoms with Crippen LogP contribution in [-0.4, -0.2) is 13.1 Å². The molecule has 0 aliphatic heterocycles. The highest BCUT2D eigenvalue weighted by molar-refractivity contribution is 5.05. The van der Waals surface area contributed by atoms with Crippen molar-refractivity contribution in [1.29, 1.82) is 0 Å². The van der Waals surface area contributed by atoms with Crippen LogP contribution in [0.5, 0.6) is 0 Å². The zero-order valence-electron chi connectivity index (χ0n) is 7.85. The van der Waals surface area contributed by atoms with Crippen molar-refractivity contribution >= 4 is 0 Å². The van der Waals surface area contributed by atoms with Gasteiger partial charge in [0.15, 0.2) is 0 Å². The van der Waals surface area contributed by atoms with Crippen LogP contribution in [-0.2, 0) is 0 Å². The molecule has 1 nitrogen and oxygen atoms in total. The third kappa shape index (κ3) is 0.868. The Labute approximate surface area is 69.6 Å². The average molecular weight is 153 g/mol. The van der Waals surface area contributed by atoms with Gasteiger partial charge in [-0.25, -0.2) is 0 Å². The topological polar surface area (TPSA) is 12.0 Å². The van der Waals surface area contributed by atoms with Crippen LogP contribution in [0.25, 0.3) is 0 Å². The van der Waals surface area contributed by atoms with Gasteiger partial charge in [-0.1, -0.05) is 13.8 Å². The van der Waals surface area contributed by atoms with E-state index in [1.165, 1.54) is 19.3 Å². The highest BCUT2D eigenvalue weighted by Crippen LogP contribution is 2.55. The third-order valence-corrected chi connectivity index (χ3v) is 4.11. The van der Waals surface area contributed by atoms with Crippen LogP contribution in [0.1, 0.15) is 33.1 Å². The Morgan fingerprint density at radius 2 is 2.00 bits per heavy atom. The average Bonchev–Trinajstić information content (AvgIpc) is 2.44. The molecule has 2 aliphatic carbocycles. The van der Waals surface area contributed by atoms with Gasteiger partial charge < -0.3 is 5.32 Å². The van der Waals surface area contributed by atoms with Crippen molar-refractivity contribution in [2.24, 2.45) is 17.3 Å². The molecule has 0 saturated heterocycles. The lowest BCUT2D eigenvalue weighted by molar-refractivity contribution is 0.158. The molecule has 64 valence electrons. The Morgan fingerprint density at radius 1 is 1.27 bits per heavy atom. The van der Waals surface area contributed by atoms with Gasteiger partial charge in [0.25, 0.3) is 0 Å². The summed E-state index contributed by atoms with van der Waals surface area (Å²) in [5.74, 6) is 1.99. The molecule has 0 radical (unpaired) electrons. The van der Waals surface area contributed by atoms with Crippen molar-refractivity contribution in [2.45, 2.75) is 39.2 Å². The highest BCUT2D eigenvalue weighted by Gasteiger charge is 2.51. The molecule has 2 saturated carbocycles. The van der Waals surface area contributed by atoms with Crippen LogP contribution in [0.3, 0.4) is 0 Å². The van der Waals surface area contributed by atoms with E-state index in [2.05, 4.69) is 26.2 Å². The summed E-state index contributed by atoms with van der Waals surface area (Å²) in [6.07, 6.45) is 4.44. The molecule has 2 rings (SSSR count). The Hall–Kier alpha value is -0.0400. The molecule has 0 unspecified atom stereocenters. The van der Waals surface area contributed by atoms with E-state index in [1.54, 1.807) is 0 Å². The summed E-state index contributed by atoms with van der Waals surface area (Å²) in [4.78, 5) is 0. The fraction of sp³-hybridized carbons (Fsp3) is 1.00. The van der Waals surface area contributed by atoms with Crippen LogP contribution >= 0.6 is 0 Å². The van der Waals surface area contributed by atoms with E-state index in [0.717, 1.165) is 17.9 Å². The first-order valence-corrected chi connectivity index (χ1v) is 4.83. The minimum atomic E-state index is 0.567. The summed E-state index contributed by atoms with van der Waals surface area (Å²) in [5.41, 5.74) is 0.567. The number of hydrogen-bond donors (Lipinski definition) is 1. The second kappa shape index (κ2) is 2.22. The number of hydrogen-bond acceptors (Lipinski definition) is 1. The lowest BCUT2D eigenvalue weighted by Gasteiger charge is -2.38. The maximum Gasteiger partial charge on any atom is 0.0146 e. The molecule has 0 aromatic carbocycles. The van der Waals surface area contributed by atoms with Crippen LogP contribution in [0, 0.1) is 17.3 Å². The predicted octanol–water partition coefficient (Wildman–Crippen LogP) is 2.03. The second-order valence-electron chi connectivity index (χ2n) is 4.86. The van der Waals surface area contributed by atoms with Gasteiger partial charge in [0.2, 0.25) is 0 Å². The SMILES string of the molecule is CN[C@@H]1[C@@H]2CC[C@@H](C2)C1(C)C. The Morgan fingerprint density at radius 3 is 2.36 bits per heavy atom. The van der Waals surface area contributed by atoms with Gasteiger partial charge >= 0.3 is 0 Å². The molecular formula is C10H19N. The Balaban J connectivity index is 2.21. The number of nitrogens with one attached hydrogen (secondary N) is 1. The fourth-order valence-corrected chi connectivity index (χ4v) is 3.46. The number of rotatable bonds is 1. The van der Waals surface area contributed by atoms with Crippen LogP contribution < -0.4 is 5.32 Å². The summed E-state index contributed by atoms with van der Waals surface area (Å²) in [6.45, 7) is 4.86. The maximum absolute atomic E-state index is 3.49. The van der Waals surface area contributed by atoms with Gasteiger partial charge in [-0.3, -0.25) is 0 Å². The van der Waals surface area contributed by atoms with Crippen LogP contribution in [0.2, 0.25) is 0 Å². The third-order valence-electron chi connectivity index (χ3n) is 4.11. The molecule has 2 fully saturated rings. The van der Waals surface area contributed by atoms with E-state index >= 15 is 0 Å². The first kappa shape index (κ1) is 7.60. The predicted molar refractivity (Wildman–Crippen MR) is 47.5 cm³/mol. The summed E-state index contributed by atoms with van der Waals surface area (Å²) >= 11 is 0. The first-order chi connectivity index (χ1) is 5.16. The van der Waals surface area contributed by atoms with Gasteiger partial charge in [0.1, 0.15) is 0 Å². The van der Waals surface area contributed by atoms with E-state index < -0.39 is 0 Å². The van der Waals surface area contributed by atoms with Crippen molar-refractivity contribution in [2.75, 3.05) is 7.05 Å². The van der Waals surface area contributed by atoms with Crippen molar-refractivity contribution in [1.82, 2.24) is 5.32 Å². The Kier molecular flexibility index (Phi) is 1.54. The summed E-state index contributed by atoms with van der Waals surface area (Å²) in [7, 11) is 2.12. The van der Waals surface area contributed by atoms with Crippen molar-refractivity contribution in [3.8, 4) is 0 Å². The molecule has 11 heavy (non-hydrogen) atoms. The zero-order chi connectivity index (χ0) is 8.06. The smallest absolute Gasteiger partial charge is 0.0146 e. The van der Waals surface area contributed by atoms with Crippen molar-refractivity contribution in [3.05, 3.63) is 0 Å². The van der Waals surface area contributed by atoms with E-state index in [-0.39, 0.29) is 0 Å². The Bertz CT molecular complexity index is 162. The van der Waals surface area contributed by atoms with Gasteiger partial charge in [0.05, 0.1) is 0 Å². The molecule has 0 spiro atoms. The minimum absolute atomic E-state index is 0.567. The number of fused-ring (bicyclic) bond motifs is 2. The standard InChI is InChI=1S/C10H19N/c1-10(2)8-5-4-7(6-8)9(10)11-3/h7-9,11H,4-6H2,1-3H3/t7-,8+,9-/m1/s1. The lowest BCUT2D eigenvalue weighted by Crippen LogP contribution is -2.44. The largest absolute Gasteiger partial charge is 0.316 e. The molecule has 0 aromatic rings. The molecule has 1 heteroatoms. The molecule has 2 bridgehead atoms. The summed E-state index contributed by atoms with van der Waals surface area (Å²) in [5, 5.41) is 3.49. The van der Waals surface area contributed by atoms with Gasteiger partial charge in [-0.05, 0) is 43.6 Å². The first-order valence-electron chi connectivity index (χ1n) is 4.83. The molecule has 0 aromatic heterocycles. The van der Waals surface area contributed by atoms with Crippen molar-refractivity contribution < 1.29 is 0 Å². The van der Waals surface area contributed by atoms with Gasteiger partial charge in [0, 0.05) is 6.04 Å². The van der Waals surface area contributed by atoms with E-state index in [9.17, 15) is 0 Å².